The zero-order valence-electron chi connectivity index (χ0n) is 15.7. The molecule has 0 aromatic heterocycles. The Morgan fingerprint density at radius 2 is 1.00 bits per heavy atom. The minimum absolute atomic E-state index is 0.285. The first-order valence-corrected chi connectivity index (χ1v) is 8.70. The van der Waals surface area contributed by atoms with Crippen molar-refractivity contribution in [2.24, 2.45) is 0 Å². The van der Waals surface area contributed by atoms with Gasteiger partial charge in [0.1, 0.15) is 11.5 Å². The fraction of sp³-hybridized carbons (Fsp3) is 0.333. The lowest BCUT2D eigenvalue weighted by Gasteiger charge is -2.05. The van der Waals surface area contributed by atoms with Crippen LogP contribution in [0.4, 0.5) is 0 Å². The zero-order chi connectivity index (χ0) is 19.6. The summed E-state index contributed by atoms with van der Waals surface area (Å²) in [6.45, 7) is 4.00. The van der Waals surface area contributed by atoms with Gasteiger partial charge in [-0.05, 0) is 37.1 Å². The highest BCUT2D eigenvalue weighted by atomic mass is 16.5. The number of carbonyl (C=O) groups excluding carboxylic acids is 2. The molecule has 0 aliphatic heterocycles. The molecule has 0 saturated carbocycles. The Morgan fingerprint density at radius 3 is 1.31 bits per heavy atom. The minimum atomic E-state index is -0.289. The third-order valence-corrected chi connectivity index (χ3v) is 2.96. The lowest BCUT2D eigenvalue weighted by Crippen LogP contribution is -2.10. The fourth-order valence-corrected chi connectivity index (χ4v) is 1.88. The average Bonchev–Trinajstić information content (AvgIpc) is 2.70. The van der Waals surface area contributed by atoms with Crippen LogP contribution in [0.5, 0.6) is 11.5 Å². The molecule has 0 amide bonds. The molecule has 5 nitrogen and oxygen atoms in total. The first-order valence-electron chi connectivity index (χ1n) is 8.70. The van der Waals surface area contributed by atoms with Crippen LogP contribution in [0, 0.1) is 0 Å². The van der Waals surface area contributed by atoms with E-state index in [0.717, 1.165) is 7.11 Å². The molecule has 26 heavy (non-hydrogen) atoms. The number of esters is 2. The van der Waals surface area contributed by atoms with Crippen LogP contribution in [-0.4, -0.2) is 24.2 Å². The summed E-state index contributed by atoms with van der Waals surface area (Å²) in [4.78, 5) is 23.2. The molecule has 0 spiro atoms. The van der Waals surface area contributed by atoms with E-state index in [2.05, 4.69) is 0 Å². The van der Waals surface area contributed by atoms with E-state index in [-0.39, 0.29) is 24.8 Å². The first-order chi connectivity index (χ1) is 12.7. The number of rotatable bonds is 7. The Morgan fingerprint density at radius 1 is 0.692 bits per heavy atom. The van der Waals surface area contributed by atoms with E-state index in [1.54, 1.807) is 24.3 Å². The lowest BCUT2D eigenvalue weighted by molar-refractivity contribution is -0.136. The quantitative estimate of drug-likeness (QED) is 0.450. The second-order valence-corrected chi connectivity index (χ2v) is 4.78. The van der Waals surface area contributed by atoms with Crippen LogP contribution < -0.4 is 9.47 Å². The molecule has 0 heterocycles. The summed E-state index contributed by atoms with van der Waals surface area (Å²) in [6.07, 6.45) is 1.76. The normalized spacial score (nSPS) is 8.92. The molecule has 1 N–H and O–H groups in total. The van der Waals surface area contributed by atoms with Crippen molar-refractivity contribution in [1.82, 2.24) is 0 Å². The molecule has 0 saturated heterocycles. The number of aliphatic hydroxyl groups is 1. The summed E-state index contributed by atoms with van der Waals surface area (Å²) in [5.74, 6) is 0.497. The van der Waals surface area contributed by atoms with Gasteiger partial charge < -0.3 is 14.6 Å². The zero-order valence-corrected chi connectivity index (χ0v) is 15.7. The van der Waals surface area contributed by atoms with Gasteiger partial charge in [-0.25, -0.2) is 0 Å². The summed E-state index contributed by atoms with van der Waals surface area (Å²) in [6, 6.07) is 17.9. The smallest absolute Gasteiger partial charge is 0.311 e. The van der Waals surface area contributed by atoms with Crippen LogP contribution in [0.3, 0.4) is 0 Å². The van der Waals surface area contributed by atoms with Gasteiger partial charge in [0.2, 0.25) is 0 Å². The van der Waals surface area contributed by atoms with Gasteiger partial charge in [-0.2, -0.15) is 0 Å². The Labute approximate surface area is 155 Å². The van der Waals surface area contributed by atoms with Crippen LogP contribution >= 0.6 is 0 Å². The van der Waals surface area contributed by atoms with Gasteiger partial charge >= 0.3 is 11.9 Å². The van der Waals surface area contributed by atoms with Crippen LogP contribution in [0.25, 0.3) is 0 Å². The van der Waals surface area contributed by atoms with Crippen LogP contribution in [0.1, 0.15) is 39.5 Å². The number of ether oxygens (including phenoxy) is 2. The van der Waals surface area contributed by atoms with Gasteiger partial charge in [-0.3, -0.25) is 9.59 Å². The predicted octanol–water partition coefficient (Wildman–Crippen LogP) is 4.39. The Hall–Kier alpha value is -2.66. The van der Waals surface area contributed by atoms with Crippen molar-refractivity contribution in [1.29, 1.82) is 0 Å². The molecule has 0 fully saturated rings. The van der Waals surface area contributed by atoms with E-state index >= 15 is 0 Å². The van der Waals surface area contributed by atoms with Crippen molar-refractivity contribution in [3.63, 3.8) is 0 Å². The number of unbranched alkanes of at least 4 members (excludes halogenated alkanes) is 1. The van der Waals surface area contributed by atoms with Gasteiger partial charge in [-0.1, -0.05) is 50.2 Å². The number of aliphatic hydroxyl groups excluding tert-OH is 1. The van der Waals surface area contributed by atoms with Gasteiger partial charge in [-0.15, -0.1) is 0 Å². The highest BCUT2D eigenvalue weighted by Crippen LogP contribution is 2.12. The third kappa shape index (κ3) is 11.0. The fourth-order valence-electron chi connectivity index (χ4n) is 1.88. The summed E-state index contributed by atoms with van der Waals surface area (Å²) in [7, 11) is 1.00. The maximum atomic E-state index is 11.6. The molecular formula is C21H28O5. The molecule has 0 aliphatic carbocycles. The maximum absolute atomic E-state index is 11.6. The third-order valence-electron chi connectivity index (χ3n) is 2.96. The molecule has 0 atom stereocenters. The molecule has 5 heteroatoms. The number of hydrogen-bond acceptors (Lipinski definition) is 5. The van der Waals surface area contributed by atoms with Crippen molar-refractivity contribution >= 4 is 11.9 Å². The van der Waals surface area contributed by atoms with Crippen LogP contribution in [-0.2, 0) is 9.59 Å². The average molecular weight is 360 g/mol. The van der Waals surface area contributed by atoms with Crippen LogP contribution in [0.2, 0.25) is 0 Å². The number of carbonyl (C=O) groups is 2. The van der Waals surface area contributed by atoms with Gasteiger partial charge in [0, 0.05) is 20.0 Å². The number of hydrogen-bond donors (Lipinski definition) is 1. The monoisotopic (exact) mass is 360 g/mol. The Bertz CT molecular complexity index is 541. The minimum Gasteiger partial charge on any atom is -0.427 e. The Kier molecular flexibility index (Phi) is 14.2. The topological polar surface area (TPSA) is 72.8 Å². The predicted molar refractivity (Wildman–Crippen MR) is 102 cm³/mol. The van der Waals surface area contributed by atoms with Gasteiger partial charge in [0.15, 0.2) is 0 Å². The van der Waals surface area contributed by atoms with Crippen molar-refractivity contribution in [2.75, 3.05) is 7.11 Å². The van der Waals surface area contributed by atoms with E-state index < -0.39 is 0 Å². The SMILES string of the molecule is CC.CO.O=C(CCCCC(=O)Oc1ccccc1)Oc1ccccc1. The molecule has 142 valence electrons. The lowest BCUT2D eigenvalue weighted by atomic mass is 10.2. The molecule has 0 radical (unpaired) electrons. The molecular weight excluding hydrogens is 332 g/mol. The van der Waals surface area contributed by atoms with E-state index in [4.69, 9.17) is 14.6 Å². The molecule has 2 rings (SSSR count). The summed E-state index contributed by atoms with van der Waals surface area (Å²) < 4.78 is 10.3. The van der Waals surface area contributed by atoms with Gasteiger partial charge in [0.25, 0.3) is 0 Å². The van der Waals surface area contributed by atoms with Crippen molar-refractivity contribution in [3.8, 4) is 11.5 Å². The van der Waals surface area contributed by atoms with Crippen LogP contribution in [0.15, 0.2) is 60.7 Å². The van der Waals surface area contributed by atoms with Gasteiger partial charge in [0.05, 0.1) is 0 Å². The summed E-state index contributed by atoms with van der Waals surface area (Å²) in [5.41, 5.74) is 0. The number of para-hydroxylation sites is 2. The second kappa shape index (κ2) is 15.8. The standard InChI is InChI=1S/C18H18O4.C2H6.CH4O/c19-17(21-15-9-3-1-4-10-15)13-7-8-14-18(20)22-16-11-5-2-6-12-16;2*1-2/h1-6,9-12H,7-8,13-14H2;1-2H3;2H,1H3. The first kappa shape index (κ1) is 23.3. The second-order valence-electron chi connectivity index (χ2n) is 4.78. The van der Waals surface area contributed by atoms with E-state index in [9.17, 15) is 9.59 Å². The van der Waals surface area contributed by atoms with Crippen molar-refractivity contribution in [3.05, 3.63) is 60.7 Å². The van der Waals surface area contributed by atoms with Crippen molar-refractivity contribution in [2.45, 2.75) is 39.5 Å². The Balaban J connectivity index is 0.00000146. The van der Waals surface area contributed by atoms with E-state index in [1.807, 2.05) is 50.2 Å². The number of benzene rings is 2. The molecule has 0 aliphatic rings. The molecule has 0 unspecified atom stereocenters. The van der Waals surface area contributed by atoms with E-state index in [1.165, 1.54) is 0 Å². The molecule has 2 aromatic rings. The maximum Gasteiger partial charge on any atom is 0.311 e. The summed E-state index contributed by atoms with van der Waals surface area (Å²) in [5, 5.41) is 7.00. The highest BCUT2D eigenvalue weighted by Gasteiger charge is 2.07. The molecule has 2 aromatic carbocycles. The summed E-state index contributed by atoms with van der Waals surface area (Å²) >= 11 is 0. The van der Waals surface area contributed by atoms with Crippen molar-refractivity contribution < 1.29 is 24.2 Å². The van der Waals surface area contributed by atoms with E-state index in [0.29, 0.717) is 24.3 Å². The molecule has 0 bridgehead atoms. The highest BCUT2D eigenvalue weighted by molar-refractivity contribution is 5.73. The largest absolute Gasteiger partial charge is 0.427 e.